The van der Waals surface area contributed by atoms with Gasteiger partial charge in [-0.2, -0.15) is 0 Å². The van der Waals surface area contributed by atoms with Gasteiger partial charge < -0.3 is 14.6 Å². The highest BCUT2D eigenvalue weighted by molar-refractivity contribution is 5.79. The van der Waals surface area contributed by atoms with Gasteiger partial charge in [-0.25, -0.2) is 9.97 Å². The molecule has 2 aromatic rings. The first-order chi connectivity index (χ1) is 11.6. The second-order valence-electron chi connectivity index (χ2n) is 6.45. The van der Waals surface area contributed by atoms with Crippen molar-refractivity contribution in [3.8, 4) is 0 Å². The highest BCUT2D eigenvalue weighted by atomic mass is 16.3. The van der Waals surface area contributed by atoms with Crippen LogP contribution in [-0.4, -0.2) is 35.0 Å². The van der Waals surface area contributed by atoms with E-state index in [1.54, 1.807) is 12.5 Å². The van der Waals surface area contributed by atoms with Gasteiger partial charge in [0.25, 0.3) is 0 Å². The van der Waals surface area contributed by atoms with E-state index in [-0.39, 0.29) is 17.9 Å². The number of piperidine rings is 1. The summed E-state index contributed by atoms with van der Waals surface area (Å²) in [6.07, 6.45) is 5.82. The normalized spacial score (nSPS) is 16.8. The maximum absolute atomic E-state index is 12.4. The second kappa shape index (κ2) is 7.47. The lowest BCUT2D eigenvalue weighted by Crippen LogP contribution is -2.44. The van der Waals surface area contributed by atoms with E-state index in [0.717, 1.165) is 43.3 Å². The summed E-state index contributed by atoms with van der Waals surface area (Å²) in [6, 6.07) is 5.77. The minimum absolute atomic E-state index is 0.0603. The number of carbonyl (C=O) groups excluding carboxylic acids is 1. The van der Waals surface area contributed by atoms with Crippen LogP contribution in [0.4, 0.5) is 5.95 Å². The monoisotopic (exact) mass is 328 g/mol. The topological polar surface area (TPSA) is 71.3 Å². The molecular weight excluding hydrogens is 304 g/mol. The molecule has 0 spiro atoms. The molecule has 0 radical (unpaired) electrons. The van der Waals surface area contributed by atoms with Crippen LogP contribution in [0.3, 0.4) is 0 Å². The highest BCUT2D eigenvalue weighted by Crippen LogP contribution is 2.21. The van der Waals surface area contributed by atoms with Crippen molar-refractivity contribution in [2.75, 3.05) is 18.0 Å². The number of nitrogens with zero attached hydrogens (tertiary/aromatic N) is 3. The summed E-state index contributed by atoms with van der Waals surface area (Å²) in [5.41, 5.74) is 0.964. The predicted octanol–water partition coefficient (Wildman–Crippen LogP) is 2.34. The molecule has 3 heterocycles. The van der Waals surface area contributed by atoms with Crippen LogP contribution in [-0.2, 0) is 11.2 Å². The van der Waals surface area contributed by atoms with Gasteiger partial charge in [-0.05, 0) is 44.9 Å². The third-order valence-electron chi connectivity index (χ3n) is 4.41. The van der Waals surface area contributed by atoms with Gasteiger partial charge >= 0.3 is 0 Å². The zero-order valence-electron chi connectivity index (χ0n) is 14.2. The van der Waals surface area contributed by atoms with Crippen molar-refractivity contribution >= 4 is 11.9 Å². The summed E-state index contributed by atoms with van der Waals surface area (Å²) in [4.78, 5) is 23.4. The minimum Gasteiger partial charge on any atom is -0.469 e. The third kappa shape index (κ3) is 4.13. The number of rotatable bonds is 5. The Morgan fingerprint density at radius 1 is 1.42 bits per heavy atom. The quantitative estimate of drug-likeness (QED) is 0.912. The van der Waals surface area contributed by atoms with Crippen LogP contribution in [0.2, 0.25) is 0 Å². The van der Waals surface area contributed by atoms with E-state index in [9.17, 15) is 4.79 Å². The number of anilines is 1. The Hall–Kier alpha value is -2.37. The molecule has 2 aromatic heterocycles. The Balaban J connectivity index is 1.48. The lowest BCUT2D eigenvalue weighted by atomic mass is 9.95. The second-order valence-corrected chi connectivity index (χ2v) is 6.45. The first-order valence-corrected chi connectivity index (χ1v) is 8.49. The van der Waals surface area contributed by atoms with Gasteiger partial charge in [-0.15, -0.1) is 0 Å². The molecule has 1 aliphatic heterocycles. The number of amides is 1. The Labute approximate surface area is 142 Å². The Bertz CT molecular complexity index is 663. The molecule has 128 valence electrons. The fourth-order valence-electron chi connectivity index (χ4n) is 3.07. The molecule has 3 rings (SSSR count). The molecule has 1 N–H and O–H groups in total. The Morgan fingerprint density at radius 3 is 2.88 bits per heavy atom. The number of aromatic nitrogens is 2. The molecule has 6 heteroatoms. The maximum Gasteiger partial charge on any atom is 0.225 e. The molecule has 6 nitrogen and oxygen atoms in total. The van der Waals surface area contributed by atoms with Crippen molar-refractivity contribution in [2.45, 2.75) is 39.2 Å². The maximum atomic E-state index is 12.4. The average Bonchev–Trinajstić information content (AvgIpc) is 3.07. The van der Waals surface area contributed by atoms with Crippen molar-refractivity contribution in [1.29, 1.82) is 0 Å². The summed E-state index contributed by atoms with van der Waals surface area (Å²) in [6.45, 7) is 5.60. The van der Waals surface area contributed by atoms with Crippen LogP contribution in [0.15, 0.2) is 35.1 Å². The van der Waals surface area contributed by atoms with E-state index in [2.05, 4.69) is 20.2 Å². The SMILES string of the molecule is Cc1ccnc(N2CCC(C(=O)N[C@H](C)Cc3ccco3)CC2)n1. The number of hydrogen-bond acceptors (Lipinski definition) is 5. The summed E-state index contributed by atoms with van der Waals surface area (Å²) in [5.74, 6) is 1.86. The van der Waals surface area contributed by atoms with E-state index in [1.165, 1.54) is 0 Å². The molecule has 24 heavy (non-hydrogen) atoms. The van der Waals surface area contributed by atoms with Crippen molar-refractivity contribution in [3.63, 3.8) is 0 Å². The first kappa shape index (κ1) is 16.5. The number of aryl methyl sites for hydroxylation is 1. The zero-order valence-corrected chi connectivity index (χ0v) is 14.2. The number of furan rings is 1. The smallest absolute Gasteiger partial charge is 0.225 e. The van der Waals surface area contributed by atoms with Crippen LogP contribution in [0, 0.1) is 12.8 Å². The van der Waals surface area contributed by atoms with Crippen LogP contribution in [0.1, 0.15) is 31.2 Å². The standard InChI is InChI=1S/C18H24N4O2/c1-13-5-8-19-18(21-13)22-9-6-15(7-10-22)17(23)20-14(2)12-16-4-3-11-24-16/h3-5,8,11,14-15H,6-7,9-10,12H2,1-2H3,(H,20,23)/t14-/m1/s1. The van der Waals surface area contributed by atoms with Gasteiger partial charge in [-0.3, -0.25) is 4.79 Å². The molecule has 0 aromatic carbocycles. The zero-order chi connectivity index (χ0) is 16.9. The molecule has 1 saturated heterocycles. The number of carbonyl (C=O) groups is 1. The van der Waals surface area contributed by atoms with Crippen LogP contribution < -0.4 is 10.2 Å². The highest BCUT2D eigenvalue weighted by Gasteiger charge is 2.27. The fraction of sp³-hybridized carbons (Fsp3) is 0.500. The van der Waals surface area contributed by atoms with Gasteiger partial charge in [0.1, 0.15) is 5.76 Å². The van der Waals surface area contributed by atoms with Crippen molar-refractivity contribution in [1.82, 2.24) is 15.3 Å². The van der Waals surface area contributed by atoms with Gasteiger partial charge in [0, 0.05) is 43.4 Å². The van der Waals surface area contributed by atoms with Crippen molar-refractivity contribution < 1.29 is 9.21 Å². The van der Waals surface area contributed by atoms with E-state index in [4.69, 9.17) is 4.42 Å². The Kier molecular flexibility index (Phi) is 5.13. The molecule has 0 aliphatic carbocycles. The van der Waals surface area contributed by atoms with E-state index >= 15 is 0 Å². The van der Waals surface area contributed by atoms with Crippen LogP contribution in [0.5, 0.6) is 0 Å². The van der Waals surface area contributed by atoms with Gasteiger partial charge in [0.05, 0.1) is 6.26 Å². The Morgan fingerprint density at radius 2 is 2.21 bits per heavy atom. The fourth-order valence-corrected chi connectivity index (χ4v) is 3.07. The van der Waals surface area contributed by atoms with Crippen molar-refractivity contribution in [3.05, 3.63) is 42.1 Å². The van der Waals surface area contributed by atoms with Crippen LogP contribution >= 0.6 is 0 Å². The van der Waals surface area contributed by atoms with E-state index < -0.39 is 0 Å². The molecule has 0 saturated carbocycles. The largest absolute Gasteiger partial charge is 0.469 e. The van der Waals surface area contributed by atoms with Crippen molar-refractivity contribution in [2.24, 2.45) is 5.92 Å². The van der Waals surface area contributed by atoms with E-state index in [0.29, 0.717) is 6.42 Å². The van der Waals surface area contributed by atoms with E-state index in [1.807, 2.05) is 32.0 Å². The predicted molar refractivity (Wildman–Crippen MR) is 91.7 cm³/mol. The summed E-state index contributed by atoms with van der Waals surface area (Å²) >= 11 is 0. The summed E-state index contributed by atoms with van der Waals surface area (Å²) in [5, 5.41) is 3.10. The minimum atomic E-state index is 0.0603. The lowest BCUT2D eigenvalue weighted by molar-refractivity contribution is -0.126. The number of hydrogen-bond donors (Lipinski definition) is 1. The van der Waals surface area contributed by atoms with Crippen LogP contribution in [0.25, 0.3) is 0 Å². The molecule has 0 bridgehead atoms. The first-order valence-electron chi connectivity index (χ1n) is 8.49. The molecule has 1 aliphatic rings. The molecule has 0 unspecified atom stereocenters. The molecule has 1 fully saturated rings. The summed E-state index contributed by atoms with van der Waals surface area (Å²) < 4.78 is 5.33. The van der Waals surface area contributed by atoms with Gasteiger partial charge in [0.15, 0.2) is 0 Å². The van der Waals surface area contributed by atoms with Gasteiger partial charge in [0.2, 0.25) is 11.9 Å². The summed E-state index contributed by atoms with van der Waals surface area (Å²) in [7, 11) is 0. The third-order valence-corrected chi connectivity index (χ3v) is 4.41. The molecule has 1 atom stereocenters. The molecular formula is C18H24N4O2. The average molecular weight is 328 g/mol. The number of nitrogens with one attached hydrogen (secondary N) is 1. The molecule has 1 amide bonds. The lowest BCUT2D eigenvalue weighted by Gasteiger charge is -2.31. The van der Waals surface area contributed by atoms with Gasteiger partial charge in [-0.1, -0.05) is 0 Å².